The van der Waals surface area contributed by atoms with Gasteiger partial charge in [-0.05, 0) is 19.1 Å². The van der Waals surface area contributed by atoms with Crippen molar-refractivity contribution < 1.29 is 22.7 Å². The molecule has 2 aliphatic rings. The van der Waals surface area contributed by atoms with E-state index in [9.17, 15) is 13.2 Å². The number of carbonyl (C=O) groups is 1. The third-order valence-corrected chi connectivity index (χ3v) is 6.21. The number of nitrogens with zero attached hydrogens (tertiary/aromatic N) is 1. The van der Waals surface area contributed by atoms with Gasteiger partial charge in [0.05, 0.1) is 17.4 Å². The van der Waals surface area contributed by atoms with E-state index in [1.165, 1.54) is 11.4 Å². The molecule has 2 saturated heterocycles. The Morgan fingerprint density at radius 2 is 1.95 bits per heavy atom. The third kappa shape index (κ3) is 2.53. The van der Waals surface area contributed by atoms with Crippen LogP contribution in [0.15, 0.2) is 29.2 Å². The molecule has 0 spiro atoms. The molecular weight excluding hydrogens is 306 g/mol. The smallest absolute Gasteiger partial charge is 0.311 e. The van der Waals surface area contributed by atoms with E-state index in [1.54, 1.807) is 24.3 Å². The van der Waals surface area contributed by atoms with Crippen LogP contribution in [0.25, 0.3) is 0 Å². The second-order valence-corrected chi connectivity index (χ2v) is 7.77. The van der Waals surface area contributed by atoms with Gasteiger partial charge in [-0.1, -0.05) is 17.7 Å². The summed E-state index contributed by atoms with van der Waals surface area (Å²) >= 11 is 0. The Hall–Kier alpha value is -1.44. The van der Waals surface area contributed by atoms with Crippen molar-refractivity contribution >= 4 is 16.0 Å². The van der Waals surface area contributed by atoms with E-state index in [2.05, 4.69) is 0 Å². The Bertz CT molecular complexity index is 670. The van der Waals surface area contributed by atoms with Gasteiger partial charge in [0, 0.05) is 26.1 Å². The molecule has 3 atom stereocenters. The number of rotatable bonds is 4. The quantitative estimate of drug-likeness (QED) is 0.766. The highest BCUT2D eigenvalue weighted by molar-refractivity contribution is 7.89. The summed E-state index contributed by atoms with van der Waals surface area (Å²) in [5.41, 5.74) is 1.00. The number of cyclic esters (lactones) is 1. The summed E-state index contributed by atoms with van der Waals surface area (Å²) in [5.74, 6) is -0.846. The molecule has 0 amide bonds. The van der Waals surface area contributed by atoms with E-state index >= 15 is 0 Å². The van der Waals surface area contributed by atoms with Crippen molar-refractivity contribution in [3.63, 3.8) is 0 Å². The maximum atomic E-state index is 12.7. The highest BCUT2D eigenvalue weighted by Crippen LogP contribution is 2.37. The van der Waals surface area contributed by atoms with Gasteiger partial charge < -0.3 is 9.47 Å². The Balaban J connectivity index is 1.83. The van der Waals surface area contributed by atoms with Crippen LogP contribution in [0.3, 0.4) is 0 Å². The molecule has 7 heteroatoms. The number of carbonyl (C=O) groups excluding carboxylic acids is 1. The predicted octanol–water partition coefficient (Wildman–Crippen LogP) is 0.804. The maximum Gasteiger partial charge on any atom is 0.311 e. The molecule has 6 nitrogen and oxygen atoms in total. The monoisotopic (exact) mass is 325 g/mol. The van der Waals surface area contributed by atoms with Gasteiger partial charge in [0.15, 0.2) is 0 Å². The highest BCUT2D eigenvalue weighted by atomic mass is 32.2. The summed E-state index contributed by atoms with van der Waals surface area (Å²) in [6.45, 7) is 2.67. The third-order valence-electron chi connectivity index (χ3n) is 4.37. The van der Waals surface area contributed by atoms with Crippen LogP contribution in [0.1, 0.15) is 5.56 Å². The first-order valence-corrected chi connectivity index (χ1v) is 8.63. The van der Waals surface area contributed by atoms with E-state index in [0.29, 0.717) is 13.2 Å². The topological polar surface area (TPSA) is 72.9 Å². The molecule has 120 valence electrons. The zero-order valence-electron chi connectivity index (χ0n) is 12.6. The van der Waals surface area contributed by atoms with E-state index in [0.717, 1.165) is 5.56 Å². The Morgan fingerprint density at radius 1 is 1.27 bits per heavy atom. The zero-order valence-corrected chi connectivity index (χ0v) is 13.4. The van der Waals surface area contributed by atoms with Crippen LogP contribution in [-0.4, -0.2) is 51.6 Å². The standard InChI is InChI=1S/C15H19NO5S/c1-10-3-5-11(6-4-10)22(18,19)16-7-12-13(8-16)15(17)21-14(12)9-20-2/h3-6,12-14H,7-9H2,1-2H3/t12-,13+,14+/m1/s1. The van der Waals surface area contributed by atoms with E-state index in [1.807, 2.05) is 6.92 Å². The summed E-state index contributed by atoms with van der Waals surface area (Å²) in [7, 11) is -2.04. The number of fused-ring (bicyclic) bond motifs is 1. The molecule has 0 saturated carbocycles. The minimum Gasteiger partial charge on any atom is -0.459 e. The molecule has 0 unspecified atom stereocenters. The second-order valence-electron chi connectivity index (χ2n) is 5.84. The summed E-state index contributed by atoms with van der Waals surface area (Å²) in [4.78, 5) is 12.2. The van der Waals surface area contributed by atoms with Crippen LogP contribution in [-0.2, 0) is 24.3 Å². The minimum absolute atomic E-state index is 0.132. The van der Waals surface area contributed by atoms with Crippen molar-refractivity contribution in [1.82, 2.24) is 4.31 Å². The lowest BCUT2D eigenvalue weighted by molar-refractivity contribution is -0.146. The molecule has 0 aromatic heterocycles. The van der Waals surface area contributed by atoms with Crippen LogP contribution in [0.2, 0.25) is 0 Å². The molecule has 2 aliphatic heterocycles. The molecular formula is C15H19NO5S. The van der Waals surface area contributed by atoms with Gasteiger partial charge in [0.1, 0.15) is 6.10 Å². The molecule has 3 rings (SSSR count). The molecule has 0 N–H and O–H groups in total. The minimum atomic E-state index is -3.57. The molecule has 22 heavy (non-hydrogen) atoms. The van der Waals surface area contributed by atoms with Crippen LogP contribution in [0.4, 0.5) is 0 Å². The average Bonchev–Trinajstić information content (AvgIpc) is 3.03. The largest absolute Gasteiger partial charge is 0.459 e. The van der Waals surface area contributed by atoms with Crippen molar-refractivity contribution in [1.29, 1.82) is 0 Å². The van der Waals surface area contributed by atoms with Gasteiger partial charge in [0.25, 0.3) is 0 Å². The molecule has 1 aromatic carbocycles. The first-order chi connectivity index (χ1) is 10.4. The first kappa shape index (κ1) is 15.5. The van der Waals surface area contributed by atoms with Crippen molar-refractivity contribution in [2.45, 2.75) is 17.9 Å². The maximum absolute atomic E-state index is 12.7. The number of sulfonamides is 1. The lowest BCUT2D eigenvalue weighted by Crippen LogP contribution is -2.33. The lowest BCUT2D eigenvalue weighted by Gasteiger charge is -2.20. The normalized spacial score (nSPS) is 28.6. The SMILES string of the molecule is COC[C@@H]1OC(=O)[C@H]2CN(S(=O)(=O)c3ccc(C)cc3)C[C@@H]12. The molecule has 0 aliphatic carbocycles. The van der Waals surface area contributed by atoms with E-state index < -0.39 is 10.0 Å². The van der Waals surface area contributed by atoms with Gasteiger partial charge >= 0.3 is 5.97 Å². The molecule has 0 radical (unpaired) electrons. The van der Waals surface area contributed by atoms with Gasteiger partial charge in [-0.15, -0.1) is 0 Å². The zero-order chi connectivity index (χ0) is 15.9. The van der Waals surface area contributed by atoms with Crippen LogP contribution < -0.4 is 0 Å². The summed E-state index contributed by atoms with van der Waals surface area (Å²) in [6.07, 6.45) is -0.360. The van der Waals surface area contributed by atoms with Crippen molar-refractivity contribution in [2.24, 2.45) is 11.8 Å². The summed E-state index contributed by atoms with van der Waals surface area (Å²) < 4.78 is 37.1. The Morgan fingerprint density at radius 3 is 2.59 bits per heavy atom. The number of esters is 1. The van der Waals surface area contributed by atoms with Crippen molar-refractivity contribution in [3.05, 3.63) is 29.8 Å². The fourth-order valence-electron chi connectivity index (χ4n) is 3.12. The van der Waals surface area contributed by atoms with Gasteiger partial charge in [0.2, 0.25) is 10.0 Å². The predicted molar refractivity (Wildman–Crippen MR) is 78.7 cm³/mol. The van der Waals surface area contributed by atoms with E-state index in [4.69, 9.17) is 9.47 Å². The number of hydrogen-bond donors (Lipinski definition) is 0. The Labute approximate surface area is 130 Å². The summed E-state index contributed by atoms with van der Waals surface area (Å²) in [6, 6.07) is 6.74. The number of aryl methyl sites for hydroxylation is 1. The van der Waals surface area contributed by atoms with Gasteiger partial charge in [-0.25, -0.2) is 8.42 Å². The number of hydrogen-bond acceptors (Lipinski definition) is 5. The fourth-order valence-corrected chi connectivity index (χ4v) is 4.62. The fraction of sp³-hybridized carbons (Fsp3) is 0.533. The summed E-state index contributed by atoms with van der Waals surface area (Å²) in [5, 5.41) is 0. The van der Waals surface area contributed by atoms with Crippen LogP contribution in [0.5, 0.6) is 0 Å². The molecule has 2 fully saturated rings. The number of methoxy groups -OCH3 is 1. The van der Waals surface area contributed by atoms with Crippen LogP contribution in [0, 0.1) is 18.8 Å². The number of benzene rings is 1. The number of ether oxygens (including phenoxy) is 2. The van der Waals surface area contributed by atoms with Gasteiger partial charge in [-0.3, -0.25) is 4.79 Å². The molecule has 0 bridgehead atoms. The van der Waals surface area contributed by atoms with Crippen LogP contribution >= 0.6 is 0 Å². The molecule has 2 heterocycles. The first-order valence-electron chi connectivity index (χ1n) is 7.19. The average molecular weight is 325 g/mol. The highest BCUT2D eigenvalue weighted by Gasteiger charge is 2.52. The lowest BCUT2D eigenvalue weighted by atomic mass is 9.94. The van der Waals surface area contributed by atoms with E-state index in [-0.39, 0.29) is 35.3 Å². The van der Waals surface area contributed by atoms with Crippen molar-refractivity contribution in [3.8, 4) is 0 Å². The molecule has 1 aromatic rings. The van der Waals surface area contributed by atoms with Gasteiger partial charge in [-0.2, -0.15) is 4.31 Å². The Kier molecular flexibility index (Phi) is 3.96. The second kappa shape index (κ2) is 5.64. The van der Waals surface area contributed by atoms with Crippen molar-refractivity contribution in [2.75, 3.05) is 26.8 Å².